The molecule has 0 radical (unpaired) electrons. The van der Waals surface area contributed by atoms with Crippen LogP contribution in [0, 0.1) is 5.41 Å². The summed E-state index contributed by atoms with van der Waals surface area (Å²) >= 11 is 0. The lowest BCUT2D eigenvalue weighted by Crippen LogP contribution is -2.59. The Hall–Kier alpha value is -2.01. The minimum Gasteiger partial charge on any atom is -0.393 e. The first kappa shape index (κ1) is 40.0. The molecule has 0 aliphatic carbocycles. The van der Waals surface area contributed by atoms with E-state index >= 15 is 0 Å². The van der Waals surface area contributed by atoms with Crippen LogP contribution in [-0.4, -0.2) is 112 Å². The predicted molar refractivity (Wildman–Crippen MR) is 157 cm³/mol. The first-order valence-electron chi connectivity index (χ1n) is 14.6. The van der Waals surface area contributed by atoms with Crippen molar-refractivity contribution in [3.8, 4) is 0 Å². The van der Waals surface area contributed by atoms with Crippen molar-refractivity contribution in [2.24, 2.45) is 10.6 Å². The van der Waals surface area contributed by atoms with Gasteiger partial charge in [-0.3, -0.25) is 14.1 Å². The number of oxime groups is 1. The largest absolute Gasteiger partial charge is 0.469 e. The number of amides is 2. The molecular weight excluding hydrogens is 605 g/mol. The number of aliphatic hydroxyl groups is 3. The Morgan fingerprint density at radius 1 is 0.932 bits per heavy atom. The Bertz CT molecular complexity index is 985. The van der Waals surface area contributed by atoms with Crippen molar-refractivity contribution in [2.45, 2.75) is 116 Å². The van der Waals surface area contributed by atoms with Crippen LogP contribution in [0.4, 0.5) is 0 Å². The highest BCUT2D eigenvalue weighted by Crippen LogP contribution is 2.37. The van der Waals surface area contributed by atoms with Gasteiger partial charge in [0.1, 0.15) is 36.8 Å². The van der Waals surface area contributed by atoms with Crippen LogP contribution < -0.4 is 10.6 Å². The van der Waals surface area contributed by atoms with Crippen molar-refractivity contribution in [3.05, 3.63) is 0 Å². The Morgan fingerprint density at radius 3 is 2.20 bits per heavy atom. The van der Waals surface area contributed by atoms with Gasteiger partial charge in [0.2, 0.25) is 11.8 Å². The van der Waals surface area contributed by atoms with Gasteiger partial charge in [-0.2, -0.15) is 0 Å². The lowest BCUT2D eigenvalue weighted by Gasteiger charge is -2.40. The van der Waals surface area contributed by atoms with Gasteiger partial charge in [0.15, 0.2) is 6.29 Å². The highest BCUT2D eigenvalue weighted by molar-refractivity contribution is 7.46. The average Bonchev–Trinajstić information content (AvgIpc) is 2.92. The molecule has 0 saturated carbocycles. The summed E-state index contributed by atoms with van der Waals surface area (Å²) in [5, 5.41) is 39.7. The summed E-state index contributed by atoms with van der Waals surface area (Å²) in [6.45, 7) is 8.80. The quantitative estimate of drug-likeness (QED) is 0.0404. The molecule has 6 atom stereocenters. The Kier molecular flexibility index (Phi) is 17.7. The summed E-state index contributed by atoms with van der Waals surface area (Å²) < 4.78 is 25.8. The second-order valence-corrected chi connectivity index (χ2v) is 13.1. The van der Waals surface area contributed by atoms with Gasteiger partial charge in [0.05, 0.1) is 18.9 Å². The summed E-state index contributed by atoms with van der Waals surface area (Å²) in [5.41, 5.74) is 0.405. The average molecular weight is 656 g/mol. The van der Waals surface area contributed by atoms with Crippen LogP contribution in [-0.2, 0) is 37.8 Å². The molecule has 16 nitrogen and oxygen atoms in total. The number of hydrogen-bond acceptors (Lipinski definition) is 12. The molecule has 0 bridgehead atoms. The number of nitrogens with zero attached hydrogens (tertiary/aromatic N) is 1. The number of phosphoric acid groups is 1. The molecule has 2 amide bonds. The van der Waals surface area contributed by atoms with E-state index in [2.05, 4.69) is 20.3 Å². The number of ketones is 1. The van der Waals surface area contributed by atoms with E-state index in [-0.39, 0.29) is 61.5 Å². The van der Waals surface area contributed by atoms with E-state index in [1.54, 1.807) is 6.92 Å². The van der Waals surface area contributed by atoms with Gasteiger partial charge in [0.25, 0.3) is 0 Å². The number of carbonyl (C=O) groups is 3. The van der Waals surface area contributed by atoms with Crippen LogP contribution in [0.2, 0.25) is 0 Å². The van der Waals surface area contributed by atoms with Gasteiger partial charge >= 0.3 is 7.82 Å². The minimum absolute atomic E-state index is 0.0214. The third-order valence-corrected chi connectivity index (χ3v) is 7.28. The molecule has 1 rings (SSSR count). The summed E-state index contributed by atoms with van der Waals surface area (Å²) in [6, 6.07) is -0.0475. The zero-order valence-electron chi connectivity index (χ0n) is 26.1. The number of rotatable bonds is 20. The van der Waals surface area contributed by atoms with Gasteiger partial charge in [0, 0.05) is 31.8 Å². The maximum atomic E-state index is 12.2. The van der Waals surface area contributed by atoms with E-state index in [9.17, 15) is 34.3 Å². The fourth-order valence-corrected chi connectivity index (χ4v) is 4.47. The van der Waals surface area contributed by atoms with Crippen molar-refractivity contribution < 1.29 is 62.9 Å². The number of carbonyl (C=O) groups excluding carboxylic acids is 3. The van der Waals surface area contributed by atoms with Crippen LogP contribution >= 0.6 is 7.82 Å². The number of unbranched alkanes of at least 4 members (excludes halogenated alkanes) is 1. The van der Waals surface area contributed by atoms with E-state index in [0.717, 1.165) is 19.3 Å². The maximum Gasteiger partial charge on any atom is 0.469 e. The number of aliphatic hydroxyl groups excluding tert-OH is 3. The van der Waals surface area contributed by atoms with Crippen LogP contribution in [0.3, 0.4) is 0 Å². The van der Waals surface area contributed by atoms with Gasteiger partial charge < -0.3 is 54.8 Å². The molecule has 0 unspecified atom stereocenters. The van der Waals surface area contributed by atoms with E-state index in [1.807, 2.05) is 20.8 Å². The molecule has 1 aliphatic heterocycles. The van der Waals surface area contributed by atoms with Crippen molar-refractivity contribution in [1.82, 2.24) is 10.6 Å². The fourth-order valence-electron chi connectivity index (χ4n) is 4.13. The number of hydrogen-bond donors (Lipinski definition) is 7. The minimum atomic E-state index is -4.85. The molecule has 1 fully saturated rings. The highest BCUT2D eigenvalue weighted by Gasteiger charge is 2.45. The summed E-state index contributed by atoms with van der Waals surface area (Å²) in [5.74, 6) is -0.303. The standard InChI is InChI=1S/C27H50N3O13P/c1-17(30-41-15-14-40-26-25(36)24(35)23(34)19(43-26)16-42-44(37,38)39)9-11-21(32)28-13-7-6-8-20(27(3,4)5)29-22(33)12-10-18(2)31/h19-20,23-26,34-36H,6-16H2,1-5H3,(H,28,32)(H,29,33)(H2,37,38,39)/b30-17+/t19-,20+,23-,24+,25+,26+/m1/s1. The van der Waals surface area contributed by atoms with Crippen molar-refractivity contribution in [3.63, 3.8) is 0 Å². The summed E-state index contributed by atoms with van der Waals surface area (Å²) in [6.07, 6.45) is -4.55. The van der Waals surface area contributed by atoms with Crippen molar-refractivity contribution in [1.29, 1.82) is 0 Å². The molecule has 17 heteroatoms. The van der Waals surface area contributed by atoms with E-state index in [0.29, 0.717) is 18.7 Å². The molecule has 44 heavy (non-hydrogen) atoms. The Labute approximate surface area is 258 Å². The third kappa shape index (κ3) is 16.9. The lowest BCUT2D eigenvalue weighted by molar-refractivity contribution is -0.301. The monoisotopic (exact) mass is 655 g/mol. The molecule has 0 aromatic carbocycles. The van der Waals surface area contributed by atoms with Gasteiger partial charge in [-0.15, -0.1) is 0 Å². The van der Waals surface area contributed by atoms with E-state index < -0.39 is 45.1 Å². The number of Topliss-reactive ketones (excluding diaryl/α,β-unsaturated/α-hetero) is 1. The van der Waals surface area contributed by atoms with E-state index in [4.69, 9.17) is 24.1 Å². The Balaban J connectivity index is 2.28. The van der Waals surface area contributed by atoms with Crippen molar-refractivity contribution >= 4 is 31.1 Å². The summed E-state index contributed by atoms with van der Waals surface area (Å²) in [4.78, 5) is 58.3. The normalized spacial score (nSPS) is 23.6. The topological polar surface area (TPSA) is 243 Å². The zero-order chi connectivity index (χ0) is 33.5. The smallest absolute Gasteiger partial charge is 0.393 e. The van der Waals surface area contributed by atoms with Crippen LogP contribution in [0.5, 0.6) is 0 Å². The van der Waals surface area contributed by atoms with Crippen LogP contribution in [0.15, 0.2) is 5.16 Å². The number of nitrogens with one attached hydrogen (secondary N) is 2. The highest BCUT2D eigenvalue weighted by atomic mass is 31.2. The van der Waals surface area contributed by atoms with Gasteiger partial charge in [-0.05, 0) is 44.9 Å². The number of ether oxygens (including phenoxy) is 2. The molecule has 0 aromatic heterocycles. The second kappa shape index (κ2) is 19.5. The zero-order valence-corrected chi connectivity index (χ0v) is 27.0. The lowest BCUT2D eigenvalue weighted by atomic mass is 9.83. The van der Waals surface area contributed by atoms with E-state index in [1.165, 1.54) is 6.92 Å². The number of phosphoric ester groups is 1. The third-order valence-electron chi connectivity index (χ3n) is 6.79. The maximum absolute atomic E-state index is 12.2. The second-order valence-electron chi connectivity index (χ2n) is 11.9. The molecule has 0 spiro atoms. The fraction of sp³-hybridized carbons (Fsp3) is 0.852. The molecule has 1 saturated heterocycles. The molecule has 256 valence electrons. The molecule has 7 N–H and O–H groups in total. The SMILES string of the molecule is CC(=O)CCC(=O)N[C@@H](CCCCNC(=O)CC/C(C)=N/OCCO[C@H]1O[C@H](COP(=O)(O)O)[C@@H](O)[C@H](O)[C@@H]1O)C(C)(C)C. The molecule has 1 aliphatic rings. The van der Waals surface area contributed by atoms with Crippen LogP contribution in [0.25, 0.3) is 0 Å². The molecule has 1 heterocycles. The van der Waals surface area contributed by atoms with Crippen LogP contribution in [0.1, 0.15) is 79.6 Å². The predicted octanol–water partition coefficient (Wildman–Crippen LogP) is 0.279. The first-order valence-corrected chi connectivity index (χ1v) is 16.2. The van der Waals surface area contributed by atoms with Gasteiger partial charge in [-0.25, -0.2) is 4.57 Å². The van der Waals surface area contributed by atoms with Crippen molar-refractivity contribution in [2.75, 3.05) is 26.4 Å². The molecule has 0 aromatic rings. The van der Waals surface area contributed by atoms with Gasteiger partial charge in [-0.1, -0.05) is 25.9 Å². The Morgan fingerprint density at radius 2 is 1.59 bits per heavy atom. The molecular formula is C27H50N3O13P. The summed E-state index contributed by atoms with van der Waals surface area (Å²) in [7, 11) is -4.85. The first-order chi connectivity index (χ1) is 20.4.